The minimum absolute atomic E-state index is 0.0976. The summed E-state index contributed by atoms with van der Waals surface area (Å²) in [5, 5.41) is 24.2. The van der Waals surface area contributed by atoms with Crippen LogP contribution in [-0.4, -0.2) is 31.0 Å². The van der Waals surface area contributed by atoms with Crippen LogP contribution in [0.25, 0.3) is 22.3 Å². The normalized spacial score (nSPS) is 11.0. The van der Waals surface area contributed by atoms with Gasteiger partial charge in [-0.2, -0.15) is 0 Å². The maximum Gasteiger partial charge on any atom is 0.143 e. The van der Waals surface area contributed by atoms with Crippen LogP contribution in [0, 0.1) is 0 Å². The Hall–Kier alpha value is -2.86. The summed E-state index contributed by atoms with van der Waals surface area (Å²) in [7, 11) is 3.08. The average molecular weight is 357 g/mol. The molecule has 3 N–H and O–H groups in total. The predicted octanol–water partition coefficient (Wildman–Crippen LogP) is 4.03. The average Bonchev–Trinajstić information content (AvgIpc) is 3.00. The Morgan fingerprint density at radius 3 is 2.58 bits per heavy atom. The van der Waals surface area contributed by atoms with E-state index in [9.17, 15) is 10.2 Å². The van der Waals surface area contributed by atoms with Crippen molar-refractivity contribution in [2.24, 2.45) is 0 Å². The van der Waals surface area contributed by atoms with Crippen molar-refractivity contribution in [2.75, 3.05) is 20.8 Å². The molecular weight excluding hydrogens is 334 g/mol. The number of furan rings is 1. The molecule has 3 aromatic rings. The summed E-state index contributed by atoms with van der Waals surface area (Å²) in [4.78, 5) is 0. The molecule has 0 unspecified atom stereocenters. The van der Waals surface area contributed by atoms with Crippen molar-refractivity contribution in [1.82, 2.24) is 5.32 Å². The fraction of sp³-hybridized carbons (Fsp3) is 0.300. The first-order valence-electron chi connectivity index (χ1n) is 8.49. The summed E-state index contributed by atoms with van der Waals surface area (Å²) in [5.74, 6) is 1.80. The van der Waals surface area contributed by atoms with Crippen LogP contribution >= 0.6 is 0 Å². The predicted molar refractivity (Wildman–Crippen MR) is 100 cm³/mol. The Labute approximate surface area is 152 Å². The second kappa shape index (κ2) is 7.58. The van der Waals surface area contributed by atoms with Gasteiger partial charge in [0.05, 0.1) is 25.2 Å². The van der Waals surface area contributed by atoms with Gasteiger partial charge in [-0.1, -0.05) is 6.92 Å². The van der Waals surface area contributed by atoms with Gasteiger partial charge < -0.3 is 29.4 Å². The van der Waals surface area contributed by atoms with Gasteiger partial charge in [0.1, 0.15) is 34.3 Å². The third-order valence-corrected chi connectivity index (χ3v) is 4.24. The first-order chi connectivity index (χ1) is 12.6. The summed E-state index contributed by atoms with van der Waals surface area (Å²) in [6, 6.07) is 8.16. The van der Waals surface area contributed by atoms with Crippen molar-refractivity contribution in [1.29, 1.82) is 0 Å². The molecular formula is C20H23NO5. The van der Waals surface area contributed by atoms with Crippen LogP contribution < -0.4 is 14.8 Å². The first-order valence-corrected chi connectivity index (χ1v) is 8.49. The standard InChI is InChI=1S/C20H23NO5/c1-4-7-21-11-15-19-16(23)9-13(24-2)10-18(19)26-20(15)14-6-5-12(22)8-17(14)25-3/h5-6,8-10,21-23H,4,7,11H2,1-3H3. The highest BCUT2D eigenvalue weighted by molar-refractivity contribution is 5.94. The van der Waals surface area contributed by atoms with E-state index in [0.29, 0.717) is 40.3 Å². The van der Waals surface area contributed by atoms with Gasteiger partial charge in [-0.3, -0.25) is 0 Å². The van der Waals surface area contributed by atoms with Crippen LogP contribution in [-0.2, 0) is 6.54 Å². The first kappa shape index (κ1) is 17.9. The molecule has 1 heterocycles. The highest BCUT2D eigenvalue weighted by atomic mass is 16.5. The van der Waals surface area contributed by atoms with Gasteiger partial charge in [0, 0.05) is 30.3 Å². The van der Waals surface area contributed by atoms with E-state index in [-0.39, 0.29) is 11.5 Å². The summed E-state index contributed by atoms with van der Waals surface area (Å²) in [6.07, 6.45) is 0.994. The molecule has 26 heavy (non-hydrogen) atoms. The molecule has 0 fully saturated rings. The number of hydrogen-bond acceptors (Lipinski definition) is 6. The molecule has 6 heteroatoms. The molecule has 3 rings (SSSR count). The highest BCUT2D eigenvalue weighted by Crippen LogP contribution is 2.43. The fourth-order valence-corrected chi connectivity index (χ4v) is 3.01. The fourth-order valence-electron chi connectivity index (χ4n) is 3.01. The van der Waals surface area contributed by atoms with E-state index < -0.39 is 0 Å². The van der Waals surface area contributed by atoms with Crippen molar-refractivity contribution in [3.8, 4) is 34.3 Å². The molecule has 0 atom stereocenters. The van der Waals surface area contributed by atoms with Gasteiger partial charge in [-0.15, -0.1) is 0 Å². The van der Waals surface area contributed by atoms with E-state index in [1.165, 1.54) is 20.3 Å². The van der Waals surface area contributed by atoms with E-state index in [0.717, 1.165) is 18.5 Å². The number of nitrogens with one attached hydrogen (secondary N) is 1. The Kier molecular flexibility index (Phi) is 5.23. The molecule has 0 aliphatic heterocycles. The van der Waals surface area contributed by atoms with Gasteiger partial charge in [0.15, 0.2) is 0 Å². The zero-order chi connectivity index (χ0) is 18.7. The topological polar surface area (TPSA) is 84.1 Å². The lowest BCUT2D eigenvalue weighted by atomic mass is 10.0. The van der Waals surface area contributed by atoms with Gasteiger partial charge in [-0.05, 0) is 25.1 Å². The number of aromatic hydroxyl groups is 2. The van der Waals surface area contributed by atoms with Crippen molar-refractivity contribution in [3.63, 3.8) is 0 Å². The molecule has 0 aliphatic carbocycles. The molecule has 0 amide bonds. The van der Waals surface area contributed by atoms with Gasteiger partial charge in [0.25, 0.3) is 0 Å². The summed E-state index contributed by atoms with van der Waals surface area (Å²) in [6.45, 7) is 3.46. The molecule has 138 valence electrons. The van der Waals surface area contributed by atoms with Crippen molar-refractivity contribution in [2.45, 2.75) is 19.9 Å². The van der Waals surface area contributed by atoms with Crippen LogP contribution in [0.4, 0.5) is 0 Å². The lowest BCUT2D eigenvalue weighted by Gasteiger charge is -2.10. The highest BCUT2D eigenvalue weighted by Gasteiger charge is 2.22. The summed E-state index contributed by atoms with van der Waals surface area (Å²) in [5.41, 5.74) is 2.06. The Morgan fingerprint density at radius 1 is 1.08 bits per heavy atom. The minimum atomic E-state index is 0.0976. The van der Waals surface area contributed by atoms with Crippen LogP contribution in [0.15, 0.2) is 34.7 Å². The minimum Gasteiger partial charge on any atom is -0.508 e. The largest absolute Gasteiger partial charge is 0.508 e. The molecule has 0 aliphatic rings. The van der Waals surface area contributed by atoms with Gasteiger partial charge >= 0.3 is 0 Å². The van der Waals surface area contributed by atoms with Crippen LogP contribution in [0.1, 0.15) is 18.9 Å². The Balaban J connectivity index is 2.23. The molecule has 0 saturated heterocycles. The van der Waals surface area contributed by atoms with Gasteiger partial charge in [0.2, 0.25) is 0 Å². The number of hydrogen-bond donors (Lipinski definition) is 3. The molecule has 6 nitrogen and oxygen atoms in total. The number of benzene rings is 2. The Bertz CT molecular complexity index is 916. The summed E-state index contributed by atoms with van der Waals surface area (Å²) < 4.78 is 16.7. The number of fused-ring (bicyclic) bond motifs is 1. The number of ether oxygens (including phenoxy) is 2. The number of rotatable bonds is 7. The van der Waals surface area contributed by atoms with E-state index in [4.69, 9.17) is 13.9 Å². The number of phenols is 2. The van der Waals surface area contributed by atoms with Gasteiger partial charge in [-0.25, -0.2) is 0 Å². The molecule has 1 aromatic heterocycles. The van der Waals surface area contributed by atoms with E-state index in [1.807, 2.05) is 0 Å². The second-order valence-corrected chi connectivity index (χ2v) is 5.99. The Morgan fingerprint density at radius 2 is 1.88 bits per heavy atom. The smallest absolute Gasteiger partial charge is 0.143 e. The van der Waals surface area contributed by atoms with Crippen molar-refractivity contribution >= 4 is 11.0 Å². The lowest BCUT2D eigenvalue weighted by molar-refractivity contribution is 0.407. The maximum atomic E-state index is 10.5. The second-order valence-electron chi connectivity index (χ2n) is 5.99. The molecule has 2 aromatic carbocycles. The van der Waals surface area contributed by atoms with Crippen LogP contribution in [0.2, 0.25) is 0 Å². The SMILES string of the molecule is CCCNCc1c(-c2ccc(O)cc2OC)oc2cc(OC)cc(O)c12. The zero-order valence-electron chi connectivity index (χ0n) is 15.1. The summed E-state index contributed by atoms with van der Waals surface area (Å²) >= 11 is 0. The van der Waals surface area contributed by atoms with Crippen LogP contribution in [0.3, 0.4) is 0 Å². The maximum absolute atomic E-state index is 10.5. The number of methoxy groups -OCH3 is 2. The van der Waals surface area contributed by atoms with E-state index >= 15 is 0 Å². The molecule has 0 spiro atoms. The third-order valence-electron chi connectivity index (χ3n) is 4.24. The van der Waals surface area contributed by atoms with Crippen molar-refractivity contribution < 1.29 is 24.1 Å². The van der Waals surface area contributed by atoms with E-state index in [1.54, 1.807) is 24.3 Å². The monoisotopic (exact) mass is 357 g/mol. The number of phenolic OH excluding ortho intramolecular Hbond substituents is 2. The molecule has 0 saturated carbocycles. The van der Waals surface area contributed by atoms with Crippen LogP contribution in [0.5, 0.6) is 23.0 Å². The quantitative estimate of drug-likeness (QED) is 0.554. The molecule has 0 bridgehead atoms. The lowest BCUT2D eigenvalue weighted by Crippen LogP contribution is -2.14. The van der Waals surface area contributed by atoms with E-state index in [2.05, 4.69) is 12.2 Å². The van der Waals surface area contributed by atoms with Crippen molar-refractivity contribution in [3.05, 3.63) is 35.9 Å². The molecule has 0 radical (unpaired) electrons. The zero-order valence-corrected chi connectivity index (χ0v) is 15.1. The third kappa shape index (κ3) is 3.28.